The van der Waals surface area contributed by atoms with Crippen molar-refractivity contribution in [2.24, 2.45) is 5.41 Å². The van der Waals surface area contributed by atoms with E-state index in [1.165, 1.54) is 24.5 Å². The molecule has 2 amide bonds. The lowest BCUT2D eigenvalue weighted by molar-refractivity contribution is -0.0195. The second kappa shape index (κ2) is 11.1. The van der Waals surface area contributed by atoms with E-state index in [1.54, 1.807) is 16.0 Å². The molecule has 39 heavy (non-hydrogen) atoms. The number of hydrogen-bond donors (Lipinski definition) is 1. The summed E-state index contributed by atoms with van der Waals surface area (Å²) >= 11 is 0. The van der Waals surface area contributed by atoms with Crippen molar-refractivity contribution in [1.29, 1.82) is 0 Å². The van der Waals surface area contributed by atoms with Gasteiger partial charge in [0.1, 0.15) is 29.2 Å². The van der Waals surface area contributed by atoms with Crippen LogP contribution in [0.5, 0.6) is 11.5 Å². The minimum atomic E-state index is -0.540. The summed E-state index contributed by atoms with van der Waals surface area (Å²) in [5, 5.41) is 3.49. The van der Waals surface area contributed by atoms with Gasteiger partial charge in [-0.3, -0.25) is 4.79 Å². The predicted molar refractivity (Wildman–Crippen MR) is 145 cm³/mol. The number of amides is 2. The van der Waals surface area contributed by atoms with Crippen molar-refractivity contribution in [3.8, 4) is 11.5 Å². The van der Waals surface area contributed by atoms with E-state index in [9.17, 15) is 14.0 Å². The highest BCUT2D eigenvalue weighted by molar-refractivity contribution is 5.97. The zero-order valence-corrected chi connectivity index (χ0v) is 24.0. The molecule has 1 unspecified atom stereocenters. The Morgan fingerprint density at radius 2 is 1.79 bits per heavy atom. The lowest BCUT2D eigenvalue weighted by Gasteiger charge is -2.54. The van der Waals surface area contributed by atoms with Crippen LogP contribution in [0.1, 0.15) is 83.4 Å². The van der Waals surface area contributed by atoms with Crippen LogP contribution in [-0.2, 0) is 4.74 Å². The first-order chi connectivity index (χ1) is 18.3. The maximum atomic E-state index is 14.3. The van der Waals surface area contributed by atoms with Gasteiger partial charge in [0.05, 0.1) is 17.8 Å². The van der Waals surface area contributed by atoms with Crippen LogP contribution in [0.3, 0.4) is 0 Å². The molecule has 2 aromatic rings. The molecule has 0 radical (unpaired) electrons. The summed E-state index contributed by atoms with van der Waals surface area (Å²) in [4.78, 5) is 38.2. The molecule has 4 rings (SSSR count). The monoisotopic (exact) mass is 541 g/mol. The summed E-state index contributed by atoms with van der Waals surface area (Å²) in [7, 11) is 0. The number of nitrogens with one attached hydrogen (secondary N) is 1. The third-order valence-corrected chi connectivity index (χ3v) is 7.40. The van der Waals surface area contributed by atoms with Gasteiger partial charge in [-0.15, -0.1) is 0 Å². The standard InChI is InChI=1S/C29H40FN5O4/c1-18(2)35(19(3)4)26(36)21-14-20(30)8-9-22(21)38-23-15-31-17-33-24(23)25-29(16-32-25)10-12-34(13-11-29)27(37)39-28(5,6)7/h8-9,14-15,17-19,25,32H,10-13,16H2,1-7H3. The van der Waals surface area contributed by atoms with E-state index in [2.05, 4.69) is 15.3 Å². The highest BCUT2D eigenvalue weighted by Crippen LogP contribution is 2.50. The van der Waals surface area contributed by atoms with Crippen molar-refractivity contribution in [2.75, 3.05) is 19.6 Å². The third kappa shape index (κ3) is 6.16. The lowest BCUT2D eigenvalue weighted by atomic mass is 9.65. The van der Waals surface area contributed by atoms with Crippen LogP contribution in [0.2, 0.25) is 0 Å². The van der Waals surface area contributed by atoms with Crippen molar-refractivity contribution < 1.29 is 23.5 Å². The number of aromatic nitrogens is 2. The molecule has 1 spiro atoms. The van der Waals surface area contributed by atoms with E-state index in [1.807, 2.05) is 48.5 Å². The molecular weight excluding hydrogens is 501 g/mol. The molecule has 2 fully saturated rings. The molecule has 0 aliphatic carbocycles. The number of ether oxygens (including phenoxy) is 2. The minimum Gasteiger partial charge on any atom is -0.453 e. The van der Waals surface area contributed by atoms with Crippen molar-refractivity contribution >= 4 is 12.0 Å². The number of halogens is 1. The number of piperidine rings is 1. The van der Waals surface area contributed by atoms with Crippen molar-refractivity contribution in [1.82, 2.24) is 25.1 Å². The molecule has 1 atom stereocenters. The number of hydrogen-bond acceptors (Lipinski definition) is 7. The molecule has 1 N–H and O–H groups in total. The summed E-state index contributed by atoms with van der Waals surface area (Å²) in [6, 6.07) is 3.71. The average molecular weight is 542 g/mol. The largest absolute Gasteiger partial charge is 0.453 e. The summed E-state index contributed by atoms with van der Waals surface area (Å²) < 4.78 is 26.1. The topological polar surface area (TPSA) is 96.9 Å². The third-order valence-electron chi connectivity index (χ3n) is 7.40. The van der Waals surface area contributed by atoms with E-state index >= 15 is 0 Å². The van der Waals surface area contributed by atoms with Crippen LogP contribution in [0.25, 0.3) is 0 Å². The van der Waals surface area contributed by atoms with Crippen molar-refractivity contribution in [2.45, 2.75) is 85.0 Å². The molecule has 1 aromatic heterocycles. The Hall–Kier alpha value is -3.27. The van der Waals surface area contributed by atoms with Crippen LogP contribution < -0.4 is 10.1 Å². The highest BCUT2D eigenvalue weighted by Gasteiger charge is 2.51. The quantitative estimate of drug-likeness (QED) is 0.528. The van der Waals surface area contributed by atoms with Gasteiger partial charge in [0.15, 0.2) is 5.75 Å². The normalized spacial score (nSPS) is 18.7. The number of rotatable bonds is 6. The van der Waals surface area contributed by atoms with Gasteiger partial charge in [-0.05, 0) is 79.5 Å². The Balaban J connectivity index is 1.56. The van der Waals surface area contributed by atoms with Gasteiger partial charge in [-0.25, -0.2) is 19.2 Å². The Morgan fingerprint density at radius 3 is 2.36 bits per heavy atom. The van der Waals surface area contributed by atoms with Crippen LogP contribution >= 0.6 is 0 Å². The maximum absolute atomic E-state index is 14.3. The fourth-order valence-electron chi connectivity index (χ4n) is 5.51. The van der Waals surface area contributed by atoms with E-state index in [0.717, 1.165) is 19.4 Å². The zero-order valence-electron chi connectivity index (χ0n) is 24.0. The first kappa shape index (κ1) is 28.7. The number of carbonyl (C=O) groups excluding carboxylic acids is 2. The number of carbonyl (C=O) groups is 2. The molecular formula is C29H40FN5O4. The molecule has 0 saturated carbocycles. The highest BCUT2D eigenvalue weighted by atomic mass is 19.1. The fourth-order valence-corrected chi connectivity index (χ4v) is 5.51. The summed E-state index contributed by atoms with van der Waals surface area (Å²) in [6.07, 6.45) is 4.32. The lowest BCUT2D eigenvalue weighted by Crippen LogP contribution is -2.61. The Labute approximate surface area is 230 Å². The fraction of sp³-hybridized carbons (Fsp3) is 0.586. The SMILES string of the molecule is CC(C)N(C(=O)c1cc(F)ccc1Oc1cncnc1C1NCC12CCN(C(=O)OC(C)(C)C)CC2)C(C)C. The van der Waals surface area contributed by atoms with Gasteiger partial charge < -0.3 is 24.6 Å². The number of nitrogens with zero attached hydrogens (tertiary/aromatic N) is 4. The van der Waals surface area contributed by atoms with E-state index in [0.29, 0.717) is 24.5 Å². The smallest absolute Gasteiger partial charge is 0.410 e. The summed E-state index contributed by atoms with van der Waals surface area (Å²) in [5.74, 6) is -0.165. The minimum absolute atomic E-state index is 0.0742. The van der Waals surface area contributed by atoms with Crippen LogP contribution in [-0.4, -0.2) is 69.1 Å². The van der Waals surface area contributed by atoms with Gasteiger partial charge in [0, 0.05) is 37.1 Å². The van der Waals surface area contributed by atoms with Crippen molar-refractivity contribution in [3.63, 3.8) is 0 Å². The van der Waals surface area contributed by atoms with Gasteiger partial charge in [-0.1, -0.05) is 0 Å². The molecule has 2 saturated heterocycles. The second-order valence-electron chi connectivity index (χ2n) is 12.1. The Kier molecular flexibility index (Phi) is 8.16. The average Bonchev–Trinajstić information content (AvgIpc) is 2.84. The summed E-state index contributed by atoms with van der Waals surface area (Å²) in [6.45, 7) is 15.3. The first-order valence-corrected chi connectivity index (χ1v) is 13.6. The molecule has 212 valence electrons. The first-order valence-electron chi connectivity index (χ1n) is 13.6. The molecule has 2 aliphatic heterocycles. The molecule has 10 heteroatoms. The van der Waals surface area contributed by atoms with E-state index in [4.69, 9.17) is 9.47 Å². The summed E-state index contributed by atoms with van der Waals surface area (Å²) in [5.41, 5.74) is 0.184. The van der Waals surface area contributed by atoms with Crippen molar-refractivity contribution in [3.05, 3.63) is 47.8 Å². The maximum Gasteiger partial charge on any atom is 0.410 e. The number of benzene rings is 1. The van der Waals surface area contributed by atoms with Crippen LogP contribution in [0.4, 0.5) is 9.18 Å². The van der Waals surface area contributed by atoms with Gasteiger partial charge in [0.2, 0.25) is 0 Å². The molecule has 3 heterocycles. The Bertz CT molecular complexity index is 1200. The van der Waals surface area contributed by atoms with Gasteiger partial charge in [-0.2, -0.15) is 0 Å². The molecule has 9 nitrogen and oxygen atoms in total. The van der Waals surface area contributed by atoms with E-state index < -0.39 is 11.4 Å². The van der Waals surface area contributed by atoms with Gasteiger partial charge >= 0.3 is 6.09 Å². The van der Waals surface area contributed by atoms with Crippen LogP contribution in [0, 0.1) is 11.2 Å². The van der Waals surface area contributed by atoms with Gasteiger partial charge in [0.25, 0.3) is 5.91 Å². The van der Waals surface area contributed by atoms with E-state index in [-0.39, 0.29) is 46.9 Å². The predicted octanol–water partition coefficient (Wildman–Crippen LogP) is 5.33. The van der Waals surface area contributed by atoms with Crippen LogP contribution in [0.15, 0.2) is 30.7 Å². The number of likely N-dealkylation sites (tertiary alicyclic amines) is 1. The zero-order chi connectivity index (χ0) is 28.5. The molecule has 1 aromatic carbocycles. The second-order valence-corrected chi connectivity index (χ2v) is 12.1. The molecule has 2 aliphatic rings. The Morgan fingerprint density at radius 1 is 1.13 bits per heavy atom. The molecule has 0 bridgehead atoms.